The summed E-state index contributed by atoms with van der Waals surface area (Å²) >= 11 is 3.07. The van der Waals surface area contributed by atoms with Gasteiger partial charge in [-0.15, -0.1) is 0 Å². The van der Waals surface area contributed by atoms with Crippen LogP contribution in [0.2, 0.25) is 0 Å². The van der Waals surface area contributed by atoms with Crippen LogP contribution < -0.4 is 0 Å². The predicted molar refractivity (Wildman–Crippen MR) is 57.9 cm³/mol. The van der Waals surface area contributed by atoms with Gasteiger partial charge in [-0.25, -0.2) is 13.8 Å². The summed E-state index contributed by atoms with van der Waals surface area (Å²) in [6.45, 7) is 0. The summed E-state index contributed by atoms with van der Waals surface area (Å²) in [5.41, 5.74) is -0.436. The molecule has 0 saturated carbocycles. The van der Waals surface area contributed by atoms with Crippen LogP contribution >= 0.6 is 15.9 Å². The Kier molecular flexibility index (Phi) is 4.52. The van der Waals surface area contributed by atoms with Gasteiger partial charge in [0.05, 0.1) is 17.7 Å². The van der Waals surface area contributed by atoms with Crippen LogP contribution in [0, 0.1) is 11.3 Å². The average Bonchev–Trinajstić information content (AvgIpc) is 2.27. The van der Waals surface area contributed by atoms with Crippen LogP contribution in [0.3, 0.4) is 0 Å². The first-order chi connectivity index (χ1) is 7.99. The number of hydrogen-bond donors (Lipinski definition) is 1. The van der Waals surface area contributed by atoms with E-state index in [1.54, 1.807) is 6.07 Å². The highest BCUT2D eigenvalue weighted by atomic mass is 79.9. The molecule has 7 heteroatoms. The van der Waals surface area contributed by atoms with Crippen molar-refractivity contribution >= 4 is 21.9 Å². The van der Waals surface area contributed by atoms with Gasteiger partial charge in [-0.3, -0.25) is 4.79 Å². The summed E-state index contributed by atoms with van der Waals surface area (Å²) in [6.07, 6.45) is -3.21. The van der Waals surface area contributed by atoms with Gasteiger partial charge in [-0.1, -0.05) is 15.9 Å². The third-order valence-electron chi connectivity index (χ3n) is 2.02. The first-order valence-electron chi connectivity index (χ1n) is 4.48. The molecule has 0 aromatic carbocycles. The van der Waals surface area contributed by atoms with Crippen molar-refractivity contribution in [1.29, 1.82) is 5.26 Å². The SMILES string of the molecule is N#Cc1nc(CC(=O)O)c(CBr)cc1C(F)F. The topological polar surface area (TPSA) is 74.0 Å². The highest BCUT2D eigenvalue weighted by Crippen LogP contribution is 2.25. The van der Waals surface area contributed by atoms with Crippen molar-refractivity contribution in [1.82, 2.24) is 4.98 Å². The zero-order valence-corrected chi connectivity index (χ0v) is 10.0. The smallest absolute Gasteiger partial charge is 0.309 e. The van der Waals surface area contributed by atoms with E-state index in [1.807, 2.05) is 0 Å². The van der Waals surface area contributed by atoms with Gasteiger partial charge in [0.25, 0.3) is 6.43 Å². The first kappa shape index (κ1) is 13.5. The number of carboxylic acid groups (broad SMARTS) is 1. The Morgan fingerprint density at radius 2 is 2.29 bits per heavy atom. The van der Waals surface area contributed by atoms with E-state index in [1.165, 1.54) is 0 Å². The molecule has 1 heterocycles. The molecule has 1 aromatic heterocycles. The average molecular weight is 305 g/mol. The maximum atomic E-state index is 12.6. The molecule has 1 N–H and O–H groups in total. The molecule has 0 aliphatic rings. The minimum absolute atomic E-state index is 0.121. The van der Waals surface area contributed by atoms with Crippen molar-refractivity contribution in [2.75, 3.05) is 0 Å². The van der Waals surface area contributed by atoms with Crippen molar-refractivity contribution in [3.8, 4) is 6.07 Å². The third kappa shape index (κ3) is 3.20. The second kappa shape index (κ2) is 5.68. The molecule has 0 fully saturated rings. The van der Waals surface area contributed by atoms with Gasteiger partial charge in [0.15, 0.2) is 0 Å². The van der Waals surface area contributed by atoms with E-state index in [2.05, 4.69) is 20.9 Å². The quantitative estimate of drug-likeness (QED) is 0.867. The van der Waals surface area contributed by atoms with Gasteiger partial charge in [0.2, 0.25) is 0 Å². The number of nitriles is 1. The zero-order valence-electron chi connectivity index (χ0n) is 8.45. The summed E-state index contributed by atoms with van der Waals surface area (Å²) in [6, 6.07) is 2.66. The molecule has 0 unspecified atom stereocenters. The normalized spacial score (nSPS) is 10.3. The number of nitrogens with zero attached hydrogens (tertiary/aromatic N) is 2. The molecule has 0 atom stereocenters. The summed E-state index contributed by atoms with van der Waals surface area (Å²) in [5, 5.41) is 17.5. The largest absolute Gasteiger partial charge is 0.481 e. The Morgan fingerprint density at radius 3 is 2.71 bits per heavy atom. The Bertz CT molecular complexity index is 486. The Morgan fingerprint density at radius 1 is 1.65 bits per heavy atom. The van der Waals surface area contributed by atoms with Gasteiger partial charge in [-0.2, -0.15) is 5.26 Å². The molecule has 0 aliphatic carbocycles. The highest BCUT2D eigenvalue weighted by molar-refractivity contribution is 9.08. The van der Waals surface area contributed by atoms with E-state index in [0.717, 1.165) is 6.07 Å². The minimum Gasteiger partial charge on any atom is -0.481 e. The molecule has 0 spiro atoms. The van der Waals surface area contributed by atoms with Crippen molar-refractivity contribution in [3.63, 3.8) is 0 Å². The number of alkyl halides is 3. The fraction of sp³-hybridized carbons (Fsp3) is 0.300. The molecular weight excluding hydrogens is 298 g/mol. The minimum atomic E-state index is -2.81. The van der Waals surface area contributed by atoms with Gasteiger partial charge >= 0.3 is 5.97 Å². The number of hydrogen-bond acceptors (Lipinski definition) is 3. The monoisotopic (exact) mass is 304 g/mol. The van der Waals surface area contributed by atoms with Crippen molar-refractivity contribution in [3.05, 3.63) is 28.6 Å². The van der Waals surface area contributed by atoms with E-state index < -0.39 is 30.1 Å². The lowest BCUT2D eigenvalue weighted by atomic mass is 10.1. The first-order valence-corrected chi connectivity index (χ1v) is 5.60. The van der Waals surface area contributed by atoms with Crippen molar-refractivity contribution < 1.29 is 18.7 Å². The van der Waals surface area contributed by atoms with Gasteiger partial charge < -0.3 is 5.11 Å². The lowest BCUT2D eigenvalue weighted by Gasteiger charge is -2.09. The fourth-order valence-electron chi connectivity index (χ4n) is 1.28. The zero-order chi connectivity index (χ0) is 13.0. The molecule has 4 nitrogen and oxygen atoms in total. The van der Waals surface area contributed by atoms with E-state index in [-0.39, 0.29) is 11.0 Å². The van der Waals surface area contributed by atoms with Crippen LogP contribution in [0.25, 0.3) is 0 Å². The maximum Gasteiger partial charge on any atom is 0.309 e. The van der Waals surface area contributed by atoms with Crippen LogP contribution in [-0.2, 0) is 16.5 Å². The highest BCUT2D eigenvalue weighted by Gasteiger charge is 2.19. The molecule has 0 radical (unpaired) electrons. The molecule has 90 valence electrons. The van der Waals surface area contributed by atoms with Gasteiger partial charge in [0.1, 0.15) is 11.8 Å². The van der Waals surface area contributed by atoms with Gasteiger partial charge in [0, 0.05) is 5.33 Å². The van der Waals surface area contributed by atoms with Crippen LogP contribution in [0.1, 0.15) is 28.9 Å². The second-order valence-corrected chi connectivity index (χ2v) is 3.71. The molecule has 1 aromatic rings. The van der Waals surface area contributed by atoms with Crippen LogP contribution in [0.5, 0.6) is 0 Å². The lowest BCUT2D eigenvalue weighted by molar-refractivity contribution is -0.136. The molecular formula is C10H7BrF2N2O2. The number of carbonyl (C=O) groups is 1. The van der Waals surface area contributed by atoms with Crippen LogP contribution in [0.15, 0.2) is 6.07 Å². The van der Waals surface area contributed by atoms with E-state index in [4.69, 9.17) is 10.4 Å². The predicted octanol–water partition coefficient (Wildman–Crippen LogP) is 2.41. The molecule has 1 rings (SSSR count). The number of rotatable bonds is 4. The van der Waals surface area contributed by atoms with Crippen molar-refractivity contribution in [2.45, 2.75) is 18.2 Å². The van der Waals surface area contributed by atoms with E-state index >= 15 is 0 Å². The lowest BCUT2D eigenvalue weighted by Crippen LogP contribution is -2.09. The molecule has 0 saturated heterocycles. The van der Waals surface area contributed by atoms with E-state index in [0.29, 0.717) is 5.56 Å². The van der Waals surface area contributed by atoms with Crippen LogP contribution in [0.4, 0.5) is 8.78 Å². The number of aromatic nitrogens is 1. The summed E-state index contributed by atoms with van der Waals surface area (Å²) in [4.78, 5) is 14.2. The van der Waals surface area contributed by atoms with Crippen molar-refractivity contribution in [2.24, 2.45) is 0 Å². The molecule has 0 bridgehead atoms. The molecule has 17 heavy (non-hydrogen) atoms. The number of carboxylic acids is 1. The second-order valence-electron chi connectivity index (χ2n) is 3.15. The number of pyridine rings is 1. The Balaban J connectivity index is 3.33. The van der Waals surface area contributed by atoms with Crippen LogP contribution in [-0.4, -0.2) is 16.1 Å². The Labute approximate surface area is 104 Å². The van der Waals surface area contributed by atoms with E-state index in [9.17, 15) is 13.6 Å². The summed E-state index contributed by atoms with van der Waals surface area (Å²) in [7, 11) is 0. The molecule has 0 amide bonds. The Hall–Kier alpha value is -1.55. The third-order valence-corrected chi connectivity index (χ3v) is 2.63. The number of aliphatic carboxylic acids is 1. The molecule has 0 aliphatic heterocycles. The fourth-order valence-corrected chi connectivity index (χ4v) is 1.76. The summed E-state index contributed by atoms with van der Waals surface area (Å²) < 4.78 is 25.2. The maximum absolute atomic E-state index is 12.6. The standard InChI is InChI=1S/C10H7BrF2N2O2/c11-3-5-1-6(10(12)13)8(4-14)15-7(5)2-9(16)17/h1,10H,2-3H2,(H,16,17). The number of halogens is 3. The summed E-state index contributed by atoms with van der Waals surface area (Å²) in [5.74, 6) is -1.13. The van der Waals surface area contributed by atoms with Gasteiger partial charge in [-0.05, 0) is 11.6 Å².